The van der Waals surface area contributed by atoms with Gasteiger partial charge in [0.15, 0.2) is 0 Å². The Bertz CT molecular complexity index is 255. The van der Waals surface area contributed by atoms with E-state index in [9.17, 15) is 0 Å². The molecule has 0 atom stereocenters. The van der Waals surface area contributed by atoms with Gasteiger partial charge in [-0.05, 0) is 0 Å². The van der Waals surface area contributed by atoms with Crippen molar-refractivity contribution in [2.45, 2.75) is 13.0 Å². The van der Waals surface area contributed by atoms with E-state index in [2.05, 4.69) is 9.97 Å². The summed E-state index contributed by atoms with van der Waals surface area (Å²) in [5.74, 6) is 0.457. The average Bonchev–Trinajstić information content (AvgIpc) is 2.19. The van der Waals surface area contributed by atoms with Gasteiger partial charge in [0.2, 0.25) is 5.88 Å². The van der Waals surface area contributed by atoms with Gasteiger partial charge in [0.1, 0.15) is 5.69 Å². The highest BCUT2D eigenvalue weighted by Gasteiger charge is 2.02. The normalized spacial score (nSPS) is 10.0. The molecule has 0 aliphatic rings. The van der Waals surface area contributed by atoms with Crippen molar-refractivity contribution in [2.75, 3.05) is 13.2 Å². The predicted octanol–water partition coefficient (Wildman–Crippen LogP) is -0.304. The zero-order valence-electron chi connectivity index (χ0n) is 7.31. The van der Waals surface area contributed by atoms with Gasteiger partial charge < -0.3 is 15.6 Å². The molecule has 5 heteroatoms. The van der Waals surface area contributed by atoms with Crippen LogP contribution >= 0.6 is 0 Å². The summed E-state index contributed by atoms with van der Waals surface area (Å²) in [5.41, 5.74) is 6.06. The molecule has 0 saturated heterocycles. The summed E-state index contributed by atoms with van der Waals surface area (Å²) in [6.07, 6.45) is 3.70. The lowest BCUT2D eigenvalue weighted by Gasteiger charge is -2.06. The second-order valence-electron chi connectivity index (χ2n) is 2.44. The summed E-state index contributed by atoms with van der Waals surface area (Å²) >= 11 is 0. The third kappa shape index (κ3) is 2.96. The topological polar surface area (TPSA) is 81.3 Å². The molecule has 0 amide bonds. The van der Waals surface area contributed by atoms with Crippen LogP contribution in [0.25, 0.3) is 0 Å². The van der Waals surface area contributed by atoms with Crippen LogP contribution in [0.3, 0.4) is 0 Å². The number of rotatable bonds is 5. The van der Waals surface area contributed by atoms with Crippen molar-refractivity contribution < 1.29 is 9.84 Å². The Balaban J connectivity index is 2.54. The molecule has 0 aliphatic heterocycles. The van der Waals surface area contributed by atoms with Gasteiger partial charge >= 0.3 is 0 Å². The van der Waals surface area contributed by atoms with E-state index in [0.717, 1.165) is 0 Å². The van der Waals surface area contributed by atoms with Gasteiger partial charge in [-0.2, -0.15) is 0 Å². The molecule has 0 aromatic carbocycles. The number of aromatic nitrogens is 2. The van der Waals surface area contributed by atoms with Gasteiger partial charge in [0, 0.05) is 32.0 Å². The molecule has 0 fully saturated rings. The molecule has 1 heterocycles. The van der Waals surface area contributed by atoms with Crippen LogP contribution in [0.2, 0.25) is 0 Å². The minimum atomic E-state index is 0.109. The number of aliphatic hydroxyl groups is 1. The summed E-state index contributed by atoms with van der Waals surface area (Å²) in [6, 6.07) is 0. The fourth-order valence-electron chi connectivity index (χ4n) is 0.848. The van der Waals surface area contributed by atoms with Crippen LogP contribution in [0, 0.1) is 0 Å². The first-order chi connectivity index (χ1) is 6.38. The lowest BCUT2D eigenvalue weighted by Crippen LogP contribution is -2.07. The Hall–Kier alpha value is -1.20. The largest absolute Gasteiger partial charge is 0.476 e. The Morgan fingerprint density at radius 2 is 2.15 bits per heavy atom. The van der Waals surface area contributed by atoms with Gasteiger partial charge in [-0.3, -0.25) is 4.98 Å². The van der Waals surface area contributed by atoms with Crippen LogP contribution in [0.1, 0.15) is 12.1 Å². The Labute approximate surface area is 76.6 Å². The number of ether oxygens (including phenoxy) is 1. The van der Waals surface area contributed by atoms with Gasteiger partial charge in [0.05, 0.1) is 6.61 Å². The summed E-state index contributed by atoms with van der Waals surface area (Å²) in [5, 5.41) is 8.53. The Morgan fingerprint density at radius 3 is 2.85 bits per heavy atom. The van der Waals surface area contributed by atoms with Gasteiger partial charge in [-0.25, -0.2) is 4.98 Å². The van der Waals surface area contributed by atoms with E-state index in [1.807, 2.05) is 0 Å². The van der Waals surface area contributed by atoms with E-state index in [0.29, 0.717) is 31.1 Å². The summed E-state index contributed by atoms with van der Waals surface area (Å²) in [7, 11) is 0. The third-order valence-electron chi connectivity index (χ3n) is 1.47. The minimum absolute atomic E-state index is 0.109. The second kappa shape index (κ2) is 5.45. The first-order valence-electron chi connectivity index (χ1n) is 4.12. The molecular formula is C8H13N3O2. The van der Waals surface area contributed by atoms with Crippen molar-refractivity contribution in [3.8, 4) is 5.88 Å². The summed E-state index contributed by atoms with van der Waals surface area (Å²) in [4.78, 5) is 7.98. The zero-order chi connectivity index (χ0) is 9.52. The Kier molecular flexibility index (Phi) is 4.14. The lowest BCUT2D eigenvalue weighted by molar-refractivity contribution is 0.227. The molecule has 1 rings (SSSR count). The molecular weight excluding hydrogens is 170 g/mol. The monoisotopic (exact) mass is 183 g/mol. The highest BCUT2D eigenvalue weighted by Crippen LogP contribution is 2.09. The van der Waals surface area contributed by atoms with E-state index in [1.165, 1.54) is 0 Å². The molecule has 3 N–H and O–H groups in total. The fourth-order valence-corrected chi connectivity index (χ4v) is 0.848. The van der Waals surface area contributed by atoms with Gasteiger partial charge in [-0.1, -0.05) is 0 Å². The number of hydrogen-bond donors (Lipinski definition) is 2. The molecule has 72 valence electrons. The summed E-state index contributed by atoms with van der Waals surface area (Å²) in [6.45, 7) is 0.850. The van der Waals surface area contributed by atoms with Crippen LogP contribution in [-0.2, 0) is 6.54 Å². The molecule has 0 unspecified atom stereocenters. The molecule has 0 radical (unpaired) electrons. The highest BCUT2D eigenvalue weighted by atomic mass is 16.5. The smallest absolute Gasteiger partial charge is 0.236 e. The summed E-state index contributed by atoms with van der Waals surface area (Å²) < 4.78 is 5.25. The van der Waals surface area contributed by atoms with Crippen LogP contribution in [0.15, 0.2) is 12.4 Å². The highest BCUT2D eigenvalue weighted by molar-refractivity contribution is 5.16. The predicted molar refractivity (Wildman–Crippen MR) is 47.1 cm³/mol. The molecule has 0 spiro atoms. The maximum Gasteiger partial charge on any atom is 0.236 e. The minimum Gasteiger partial charge on any atom is -0.476 e. The standard InChI is InChI=1S/C8H13N3O2/c9-6-7-8(11-3-2-10-7)13-5-1-4-12/h2-3,12H,1,4-6,9H2. The van der Waals surface area contributed by atoms with Crippen molar-refractivity contribution in [3.63, 3.8) is 0 Å². The first kappa shape index (κ1) is 9.88. The van der Waals surface area contributed by atoms with Crippen molar-refractivity contribution in [1.82, 2.24) is 9.97 Å². The van der Waals surface area contributed by atoms with E-state index in [-0.39, 0.29) is 6.61 Å². The van der Waals surface area contributed by atoms with Crippen molar-refractivity contribution >= 4 is 0 Å². The van der Waals surface area contributed by atoms with E-state index >= 15 is 0 Å². The molecule has 1 aromatic rings. The molecule has 0 bridgehead atoms. The van der Waals surface area contributed by atoms with Crippen LogP contribution < -0.4 is 10.5 Å². The van der Waals surface area contributed by atoms with Crippen LogP contribution in [0.5, 0.6) is 5.88 Å². The van der Waals surface area contributed by atoms with Gasteiger partial charge in [-0.15, -0.1) is 0 Å². The Morgan fingerprint density at radius 1 is 1.38 bits per heavy atom. The van der Waals surface area contributed by atoms with E-state index < -0.39 is 0 Å². The average molecular weight is 183 g/mol. The van der Waals surface area contributed by atoms with Crippen LogP contribution in [-0.4, -0.2) is 28.3 Å². The molecule has 0 saturated carbocycles. The number of hydrogen-bond acceptors (Lipinski definition) is 5. The lowest BCUT2D eigenvalue weighted by atomic mass is 10.4. The second-order valence-corrected chi connectivity index (χ2v) is 2.44. The number of aliphatic hydroxyl groups excluding tert-OH is 1. The quantitative estimate of drug-likeness (QED) is 0.612. The first-order valence-corrected chi connectivity index (χ1v) is 4.12. The van der Waals surface area contributed by atoms with Crippen LogP contribution in [0.4, 0.5) is 0 Å². The van der Waals surface area contributed by atoms with E-state index in [1.54, 1.807) is 12.4 Å². The number of nitrogens with zero attached hydrogens (tertiary/aromatic N) is 2. The maximum atomic E-state index is 8.53. The SMILES string of the molecule is NCc1nccnc1OCCCO. The van der Waals surface area contributed by atoms with Crippen molar-refractivity contribution in [3.05, 3.63) is 18.1 Å². The fraction of sp³-hybridized carbons (Fsp3) is 0.500. The molecule has 13 heavy (non-hydrogen) atoms. The molecule has 5 nitrogen and oxygen atoms in total. The molecule has 1 aromatic heterocycles. The van der Waals surface area contributed by atoms with Gasteiger partial charge in [0.25, 0.3) is 0 Å². The maximum absolute atomic E-state index is 8.53. The van der Waals surface area contributed by atoms with Crippen molar-refractivity contribution in [2.24, 2.45) is 5.73 Å². The van der Waals surface area contributed by atoms with E-state index in [4.69, 9.17) is 15.6 Å². The third-order valence-corrected chi connectivity index (χ3v) is 1.47. The molecule has 0 aliphatic carbocycles. The zero-order valence-corrected chi connectivity index (χ0v) is 7.31. The van der Waals surface area contributed by atoms with Crippen molar-refractivity contribution in [1.29, 1.82) is 0 Å². The number of nitrogens with two attached hydrogens (primary N) is 1.